The van der Waals surface area contributed by atoms with Gasteiger partial charge in [-0.25, -0.2) is 0 Å². The Morgan fingerprint density at radius 1 is 1.47 bits per heavy atom. The van der Waals surface area contributed by atoms with Crippen molar-refractivity contribution in [2.24, 2.45) is 0 Å². The highest BCUT2D eigenvalue weighted by molar-refractivity contribution is 5.73. The zero-order valence-corrected chi connectivity index (χ0v) is 10.6. The van der Waals surface area contributed by atoms with Gasteiger partial charge in [-0.05, 0) is 18.6 Å². The molecular weight excluding hydrogens is 244 g/mol. The summed E-state index contributed by atoms with van der Waals surface area (Å²) in [5.41, 5.74) is 0.808. The van der Waals surface area contributed by atoms with Gasteiger partial charge in [-0.15, -0.1) is 10.2 Å². The molecule has 3 rings (SSSR count). The van der Waals surface area contributed by atoms with Crippen molar-refractivity contribution in [2.45, 2.75) is 19.3 Å². The van der Waals surface area contributed by atoms with Crippen LogP contribution in [0.2, 0.25) is 0 Å². The predicted molar refractivity (Wildman–Crippen MR) is 67.1 cm³/mol. The normalized spacial score (nSPS) is 18.8. The summed E-state index contributed by atoms with van der Waals surface area (Å²) in [5.74, 6) is 1.31. The first kappa shape index (κ1) is 11.8. The summed E-state index contributed by atoms with van der Waals surface area (Å²) in [5, 5.41) is 8.13. The smallest absolute Gasteiger partial charge is 0.249 e. The van der Waals surface area contributed by atoms with Crippen LogP contribution in [-0.4, -0.2) is 39.1 Å². The lowest BCUT2D eigenvalue weighted by Crippen LogP contribution is -2.25. The second-order valence-corrected chi connectivity index (χ2v) is 4.64. The largest absolute Gasteiger partial charge is 0.420 e. The molecule has 1 aliphatic heterocycles. The fourth-order valence-electron chi connectivity index (χ4n) is 2.25. The lowest BCUT2D eigenvalue weighted by Gasteiger charge is -2.11. The zero-order valence-electron chi connectivity index (χ0n) is 10.6. The maximum absolute atomic E-state index is 11.3. The topological polar surface area (TPSA) is 72.1 Å². The molecule has 2 aromatic heterocycles. The van der Waals surface area contributed by atoms with Crippen molar-refractivity contribution in [1.82, 2.24) is 20.1 Å². The Balaban J connectivity index is 1.78. The van der Waals surface area contributed by atoms with Crippen LogP contribution in [0.15, 0.2) is 28.9 Å². The Morgan fingerprint density at radius 3 is 3.05 bits per heavy atom. The summed E-state index contributed by atoms with van der Waals surface area (Å²) < 4.78 is 5.68. The van der Waals surface area contributed by atoms with Crippen LogP contribution in [0.4, 0.5) is 0 Å². The number of rotatable bonds is 2. The quantitative estimate of drug-likeness (QED) is 0.815. The first-order chi connectivity index (χ1) is 9.24. The summed E-state index contributed by atoms with van der Waals surface area (Å²) in [6.07, 6.45) is 4.25. The lowest BCUT2D eigenvalue weighted by atomic mass is 10.1. The van der Waals surface area contributed by atoms with Crippen molar-refractivity contribution in [3.05, 3.63) is 30.4 Å². The van der Waals surface area contributed by atoms with Crippen LogP contribution in [0.1, 0.15) is 25.2 Å². The third kappa shape index (κ3) is 2.33. The molecule has 0 radical (unpaired) electrons. The Morgan fingerprint density at radius 2 is 2.37 bits per heavy atom. The van der Waals surface area contributed by atoms with E-state index in [1.807, 2.05) is 12.1 Å². The Labute approximate surface area is 110 Å². The van der Waals surface area contributed by atoms with E-state index in [0.717, 1.165) is 18.5 Å². The molecule has 0 bridgehead atoms. The maximum Gasteiger partial charge on any atom is 0.249 e. The molecule has 1 atom stereocenters. The van der Waals surface area contributed by atoms with E-state index in [1.165, 1.54) is 0 Å². The van der Waals surface area contributed by atoms with E-state index in [4.69, 9.17) is 4.42 Å². The number of carbonyl (C=O) groups is 1. The van der Waals surface area contributed by atoms with Crippen LogP contribution < -0.4 is 0 Å². The van der Waals surface area contributed by atoms with Crippen LogP contribution in [-0.2, 0) is 4.79 Å². The van der Waals surface area contributed by atoms with Crippen molar-refractivity contribution in [3.63, 3.8) is 0 Å². The van der Waals surface area contributed by atoms with E-state index < -0.39 is 0 Å². The molecule has 3 heterocycles. The average molecular weight is 258 g/mol. The Hall–Kier alpha value is -2.24. The molecule has 2 aromatic rings. The van der Waals surface area contributed by atoms with Gasteiger partial charge >= 0.3 is 0 Å². The number of nitrogens with zero attached hydrogens (tertiary/aromatic N) is 4. The van der Waals surface area contributed by atoms with Crippen LogP contribution >= 0.6 is 0 Å². The third-order valence-electron chi connectivity index (χ3n) is 3.33. The maximum atomic E-state index is 11.3. The fourth-order valence-corrected chi connectivity index (χ4v) is 2.25. The summed E-state index contributed by atoms with van der Waals surface area (Å²) >= 11 is 0. The van der Waals surface area contributed by atoms with Gasteiger partial charge in [0, 0.05) is 32.4 Å². The van der Waals surface area contributed by atoms with Crippen LogP contribution in [0.3, 0.4) is 0 Å². The molecule has 1 amide bonds. The highest BCUT2D eigenvalue weighted by Gasteiger charge is 2.29. The number of likely N-dealkylation sites (tertiary alicyclic amines) is 1. The van der Waals surface area contributed by atoms with Gasteiger partial charge in [0.1, 0.15) is 0 Å². The fraction of sp³-hybridized carbons (Fsp3) is 0.385. The van der Waals surface area contributed by atoms with Gasteiger partial charge in [0.15, 0.2) is 0 Å². The van der Waals surface area contributed by atoms with Crippen LogP contribution in [0, 0.1) is 0 Å². The number of hydrogen-bond acceptors (Lipinski definition) is 5. The minimum atomic E-state index is 0.0921. The van der Waals surface area contributed by atoms with E-state index >= 15 is 0 Å². The van der Waals surface area contributed by atoms with Gasteiger partial charge in [-0.2, -0.15) is 0 Å². The number of hydrogen-bond donors (Lipinski definition) is 0. The number of pyridine rings is 1. The summed E-state index contributed by atoms with van der Waals surface area (Å²) in [6, 6.07) is 3.70. The minimum absolute atomic E-state index is 0.0921. The van der Waals surface area contributed by atoms with Crippen molar-refractivity contribution < 1.29 is 9.21 Å². The van der Waals surface area contributed by atoms with Crippen LogP contribution in [0.25, 0.3) is 11.5 Å². The van der Waals surface area contributed by atoms with Crippen molar-refractivity contribution >= 4 is 5.91 Å². The highest BCUT2D eigenvalue weighted by Crippen LogP contribution is 2.28. The van der Waals surface area contributed by atoms with Gasteiger partial charge in [0.2, 0.25) is 17.7 Å². The minimum Gasteiger partial charge on any atom is -0.420 e. The molecule has 19 heavy (non-hydrogen) atoms. The molecule has 0 aromatic carbocycles. The first-order valence-electron chi connectivity index (χ1n) is 6.23. The lowest BCUT2D eigenvalue weighted by molar-refractivity contribution is -0.127. The molecule has 1 aliphatic rings. The molecule has 6 heteroatoms. The molecule has 6 nitrogen and oxygen atoms in total. The second kappa shape index (κ2) is 4.79. The predicted octanol–water partition coefficient (Wildman–Crippen LogP) is 1.47. The van der Waals surface area contributed by atoms with Gasteiger partial charge < -0.3 is 9.32 Å². The molecule has 0 unspecified atom stereocenters. The molecule has 1 saturated heterocycles. The van der Waals surface area contributed by atoms with Gasteiger partial charge in [0.25, 0.3) is 0 Å². The average Bonchev–Trinajstić information content (AvgIpc) is 3.09. The van der Waals surface area contributed by atoms with E-state index in [0.29, 0.717) is 18.3 Å². The SMILES string of the molecule is CC(=O)N1CC[C@H](c2nnc(-c3cccnc3)o2)C1. The monoisotopic (exact) mass is 258 g/mol. The van der Waals surface area contributed by atoms with E-state index in [1.54, 1.807) is 24.2 Å². The molecule has 0 N–H and O–H groups in total. The second-order valence-electron chi connectivity index (χ2n) is 4.64. The first-order valence-corrected chi connectivity index (χ1v) is 6.23. The molecule has 0 saturated carbocycles. The highest BCUT2D eigenvalue weighted by atomic mass is 16.4. The van der Waals surface area contributed by atoms with E-state index in [-0.39, 0.29) is 11.8 Å². The number of aromatic nitrogens is 3. The van der Waals surface area contributed by atoms with E-state index in [9.17, 15) is 4.79 Å². The van der Waals surface area contributed by atoms with Crippen molar-refractivity contribution in [3.8, 4) is 11.5 Å². The molecule has 98 valence electrons. The summed E-state index contributed by atoms with van der Waals surface area (Å²) in [6.45, 7) is 2.99. The van der Waals surface area contributed by atoms with E-state index in [2.05, 4.69) is 15.2 Å². The molecule has 1 fully saturated rings. The third-order valence-corrected chi connectivity index (χ3v) is 3.33. The summed E-state index contributed by atoms with van der Waals surface area (Å²) in [4.78, 5) is 17.1. The standard InChI is InChI=1S/C13H14N4O2/c1-9(18)17-6-4-11(8-17)13-16-15-12(19-13)10-3-2-5-14-7-10/h2-3,5,7,11H,4,6,8H2,1H3/t11-/m0/s1. The Bertz CT molecular complexity index is 581. The molecular formula is C13H14N4O2. The number of amides is 1. The van der Waals surface area contributed by atoms with Gasteiger partial charge in [-0.1, -0.05) is 0 Å². The van der Waals surface area contributed by atoms with Crippen molar-refractivity contribution in [1.29, 1.82) is 0 Å². The Kier molecular flexibility index (Phi) is 2.98. The molecule has 0 aliphatic carbocycles. The van der Waals surface area contributed by atoms with Gasteiger partial charge in [0.05, 0.1) is 11.5 Å². The van der Waals surface area contributed by atoms with Crippen molar-refractivity contribution in [2.75, 3.05) is 13.1 Å². The van der Waals surface area contributed by atoms with Gasteiger partial charge in [-0.3, -0.25) is 9.78 Å². The summed E-state index contributed by atoms with van der Waals surface area (Å²) in [7, 11) is 0. The van der Waals surface area contributed by atoms with Crippen LogP contribution in [0.5, 0.6) is 0 Å². The zero-order chi connectivity index (χ0) is 13.2. The molecule has 0 spiro atoms. The number of carbonyl (C=O) groups excluding carboxylic acids is 1.